The Balaban J connectivity index is 2.80. The molecule has 0 bridgehead atoms. The van der Waals surface area contributed by atoms with Crippen molar-refractivity contribution in [2.24, 2.45) is 0 Å². The Labute approximate surface area is 76.0 Å². The summed E-state index contributed by atoms with van der Waals surface area (Å²) in [5.74, 6) is 0. The van der Waals surface area contributed by atoms with Gasteiger partial charge in [0.05, 0.1) is 0 Å². The molecule has 2 heteroatoms. The summed E-state index contributed by atoms with van der Waals surface area (Å²) in [7, 11) is 0. The van der Waals surface area contributed by atoms with Crippen LogP contribution in [0.4, 0.5) is 0 Å². The van der Waals surface area contributed by atoms with Crippen LogP contribution in [0.15, 0.2) is 30.5 Å². The maximum Gasteiger partial charge on any atom is 0.0412 e. The molecule has 12 heavy (non-hydrogen) atoms. The van der Waals surface area contributed by atoms with E-state index in [2.05, 4.69) is 4.98 Å². The van der Waals surface area contributed by atoms with Crippen molar-refractivity contribution in [1.29, 1.82) is 0 Å². The van der Waals surface area contributed by atoms with Crippen molar-refractivity contribution in [2.75, 3.05) is 0 Å². The third-order valence-electron chi connectivity index (χ3n) is 1.82. The average Bonchev–Trinajstić information content (AvgIpc) is 2.03. The predicted octanol–water partition coefficient (Wildman–Crippen LogP) is 3.20. The summed E-state index contributed by atoms with van der Waals surface area (Å²) in [5, 5.41) is 3.05. The smallest absolute Gasteiger partial charge is 0.0412 e. The van der Waals surface area contributed by atoms with Gasteiger partial charge in [0.15, 0.2) is 0 Å². The molecule has 0 radical (unpaired) electrons. The molecule has 0 aliphatic heterocycles. The zero-order valence-corrected chi connectivity index (χ0v) is 7.47. The van der Waals surface area contributed by atoms with E-state index >= 15 is 0 Å². The first-order valence-corrected chi connectivity index (χ1v) is 4.15. The zero-order chi connectivity index (χ0) is 8.55. The zero-order valence-electron chi connectivity index (χ0n) is 6.71. The molecule has 0 unspecified atom stereocenters. The molecule has 0 saturated heterocycles. The number of aromatic nitrogens is 1. The van der Waals surface area contributed by atoms with Crippen molar-refractivity contribution in [3.8, 4) is 0 Å². The second-order valence-corrected chi connectivity index (χ2v) is 3.25. The number of aryl methyl sites for hydroxylation is 1. The summed E-state index contributed by atoms with van der Waals surface area (Å²) in [6.45, 7) is 1.97. The van der Waals surface area contributed by atoms with E-state index in [0.29, 0.717) is 0 Å². The van der Waals surface area contributed by atoms with Gasteiger partial charge in [-0.05, 0) is 30.5 Å². The van der Waals surface area contributed by atoms with Crippen LogP contribution in [-0.4, -0.2) is 4.98 Å². The van der Waals surface area contributed by atoms with Crippen molar-refractivity contribution in [3.05, 3.63) is 41.2 Å². The van der Waals surface area contributed by atoms with Crippen LogP contribution < -0.4 is 0 Å². The predicted molar refractivity (Wildman–Crippen MR) is 51.5 cm³/mol. The number of halogens is 1. The van der Waals surface area contributed by atoms with Crippen LogP contribution in [0.2, 0.25) is 5.02 Å². The number of benzene rings is 1. The van der Waals surface area contributed by atoms with Crippen molar-refractivity contribution in [3.63, 3.8) is 0 Å². The Morgan fingerprint density at radius 1 is 1.17 bits per heavy atom. The number of hydrogen-bond donors (Lipinski definition) is 0. The first-order valence-electron chi connectivity index (χ1n) is 3.77. The molecule has 0 aliphatic rings. The Morgan fingerprint density at radius 3 is 2.83 bits per heavy atom. The monoisotopic (exact) mass is 177 g/mol. The van der Waals surface area contributed by atoms with Crippen LogP contribution in [0.5, 0.6) is 0 Å². The van der Waals surface area contributed by atoms with Gasteiger partial charge < -0.3 is 0 Å². The molecule has 2 rings (SSSR count). The van der Waals surface area contributed by atoms with Crippen molar-refractivity contribution >= 4 is 22.4 Å². The Kier molecular flexibility index (Phi) is 1.74. The van der Waals surface area contributed by atoms with E-state index in [9.17, 15) is 0 Å². The number of hydrogen-bond acceptors (Lipinski definition) is 1. The molecule has 60 valence electrons. The molecule has 0 amide bonds. The molecule has 0 spiro atoms. The minimum Gasteiger partial charge on any atom is -0.261 e. The SMILES string of the molecule is Cc1cc2cc(Cl)ccc2cn1. The lowest BCUT2D eigenvalue weighted by molar-refractivity contribution is 1.22. The number of pyridine rings is 1. The van der Waals surface area contributed by atoms with Crippen LogP contribution in [0.1, 0.15) is 5.69 Å². The molecule has 0 aliphatic carbocycles. The lowest BCUT2D eigenvalue weighted by Crippen LogP contribution is -1.80. The highest BCUT2D eigenvalue weighted by atomic mass is 35.5. The second-order valence-electron chi connectivity index (χ2n) is 2.82. The minimum absolute atomic E-state index is 0.771. The molecule has 1 aromatic heterocycles. The van der Waals surface area contributed by atoms with Crippen LogP contribution in [0.3, 0.4) is 0 Å². The summed E-state index contributed by atoms with van der Waals surface area (Å²) < 4.78 is 0. The molecule has 0 saturated carbocycles. The maximum atomic E-state index is 5.85. The lowest BCUT2D eigenvalue weighted by Gasteiger charge is -1.98. The van der Waals surface area contributed by atoms with Crippen LogP contribution in [0, 0.1) is 6.92 Å². The maximum absolute atomic E-state index is 5.85. The van der Waals surface area contributed by atoms with Crippen molar-refractivity contribution < 1.29 is 0 Å². The quantitative estimate of drug-likeness (QED) is 0.602. The summed E-state index contributed by atoms with van der Waals surface area (Å²) in [6, 6.07) is 7.83. The molecule has 1 aromatic carbocycles. The van der Waals surface area contributed by atoms with E-state index in [1.807, 2.05) is 37.4 Å². The second kappa shape index (κ2) is 2.76. The Bertz CT molecular complexity index is 386. The standard InChI is InChI=1S/C10H8ClN/c1-7-4-9-5-10(11)3-2-8(9)6-12-7/h2-6H,1H3. The number of fused-ring (bicyclic) bond motifs is 1. The van der Waals surface area contributed by atoms with E-state index in [1.54, 1.807) is 0 Å². The summed E-state index contributed by atoms with van der Waals surface area (Å²) in [4.78, 5) is 4.19. The highest BCUT2D eigenvalue weighted by Gasteiger charge is 1.94. The van der Waals surface area contributed by atoms with Gasteiger partial charge in [-0.3, -0.25) is 4.98 Å². The molecular weight excluding hydrogens is 170 g/mol. The average molecular weight is 178 g/mol. The molecule has 1 nitrogen and oxygen atoms in total. The van der Waals surface area contributed by atoms with E-state index < -0.39 is 0 Å². The fraction of sp³-hybridized carbons (Fsp3) is 0.100. The number of rotatable bonds is 0. The van der Waals surface area contributed by atoms with Crippen LogP contribution in [0.25, 0.3) is 10.8 Å². The van der Waals surface area contributed by atoms with Gasteiger partial charge in [0.2, 0.25) is 0 Å². The minimum atomic E-state index is 0.771. The highest BCUT2D eigenvalue weighted by molar-refractivity contribution is 6.31. The topological polar surface area (TPSA) is 12.9 Å². The van der Waals surface area contributed by atoms with Gasteiger partial charge in [0, 0.05) is 22.3 Å². The highest BCUT2D eigenvalue weighted by Crippen LogP contribution is 2.18. The van der Waals surface area contributed by atoms with E-state index in [1.165, 1.54) is 0 Å². The Morgan fingerprint density at radius 2 is 2.00 bits per heavy atom. The summed E-state index contributed by atoms with van der Waals surface area (Å²) in [6.07, 6.45) is 1.86. The van der Waals surface area contributed by atoms with Gasteiger partial charge in [-0.2, -0.15) is 0 Å². The first kappa shape index (κ1) is 7.56. The van der Waals surface area contributed by atoms with Crippen molar-refractivity contribution in [1.82, 2.24) is 4.98 Å². The first-order chi connectivity index (χ1) is 5.75. The molecule has 0 N–H and O–H groups in total. The van der Waals surface area contributed by atoms with Crippen molar-refractivity contribution in [2.45, 2.75) is 6.92 Å². The van der Waals surface area contributed by atoms with Gasteiger partial charge in [-0.1, -0.05) is 17.7 Å². The van der Waals surface area contributed by atoms with Gasteiger partial charge in [-0.25, -0.2) is 0 Å². The van der Waals surface area contributed by atoms with E-state index in [0.717, 1.165) is 21.5 Å². The third-order valence-corrected chi connectivity index (χ3v) is 2.06. The number of nitrogens with zero attached hydrogens (tertiary/aromatic N) is 1. The molecular formula is C10H8ClN. The fourth-order valence-corrected chi connectivity index (χ4v) is 1.40. The Hall–Kier alpha value is -1.08. The fourth-order valence-electron chi connectivity index (χ4n) is 1.22. The van der Waals surface area contributed by atoms with Gasteiger partial charge in [0.1, 0.15) is 0 Å². The molecule has 2 aromatic rings. The van der Waals surface area contributed by atoms with Gasteiger partial charge >= 0.3 is 0 Å². The third kappa shape index (κ3) is 1.28. The van der Waals surface area contributed by atoms with E-state index in [-0.39, 0.29) is 0 Å². The summed E-state index contributed by atoms with van der Waals surface area (Å²) >= 11 is 5.85. The molecule has 0 fully saturated rings. The largest absolute Gasteiger partial charge is 0.261 e. The van der Waals surface area contributed by atoms with Crippen LogP contribution >= 0.6 is 11.6 Å². The summed E-state index contributed by atoms with van der Waals surface area (Å²) in [5.41, 5.74) is 1.02. The lowest BCUT2D eigenvalue weighted by atomic mass is 10.1. The van der Waals surface area contributed by atoms with Gasteiger partial charge in [0.25, 0.3) is 0 Å². The molecule has 0 atom stereocenters. The normalized spacial score (nSPS) is 10.5. The molecule has 1 heterocycles. The van der Waals surface area contributed by atoms with Crippen LogP contribution in [-0.2, 0) is 0 Å². The van der Waals surface area contributed by atoms with E-state index in [4.69, 9.17) is 11.6 Å². The van der Waals surface area contributed by atoms with Gasteiger partial charge in [-0.15, -0.1) is 0 Å².